The minimum Gasteiger partial charge on any atom is -0.507 e. The molecule has 0 aromatic carbocycles. The minimum atomic E-state index is -0.599. The molecule has 88 valence electrons. The van der Waals surface area contributed by atoms with Gasteiger partial charge >= 0.3 is 5.63 Å². The molecule has 0 aliphatic heterocycles. The summed E-state index contributed by atoms with van der Waals surface area (Å²) in [5.74, 6) is 0.229. The van der Waals surface area contributed by atoms with E-state index in [1.807, 2.05) is 6.92 Å². The van der Waals surface area contributed by atoms with Gasteiger partial charge in [-0.1, -0.05) is 12.1 Å². The first-order chi connectivity index (χ1) is 7.60. The normalized spacial score (nSPS) is 11.6. The molecule has 5 nitrogen and oxygen atoms in total. The van der Waals surface area contributed by atoms with E-state index in [0.717, 1.165) is 0 Å². The van der Waals surface area contributed by atoms with E-state index in [4.69, 9.17) is 9.25 Å². The Morgan fingerprint density at radius 3 is 2.75 bits per heavy atom. The molecule has 1 aromatic heterocycles. The Morgan fingerprint density at radius 1 is 1.56 bits per heavy atom. The van der Waals surface area contributed by atoms with Crippen molar-refractivity contribution in [2.75, 3.05) is 6.61 Å². The summed E-state index contributed by atoms with van der Waals surface area (Å²) in [7, 11) is 0. The number of rotatable bonds is 4. The first-order valence-corrected chi connectivity index (χ1v) is 5.13. The fourth-order valence-electron chi connectivity index (χ4n) is 1.29. The molecule has 0 atom stereocenters. The van der Waals surface area contributed by atoms with Gasteiger partial charge in [-0.25, -0.2) is 4.79 Å². The van der Waals surface area contributed by atoms with Gasteiger partial charge in [0, 0.05) is 6.07 Å². The Balaban J connectivity index is 3.25. The maximum atomic E-state index is 11.6. The van der Waals surface area contributed by atoms with Crippen molar-refractivity contribution in [3.05, 3.63) is 27.8 Å². The van der Waals surface area contributed by atoms with Gasteiger partial charge in [-0.05, 0) is 20.3 Å². The number of hydrogen-bond donors (Lipinski definition) is 1. The molecule has 16 heavy (non-hydrogen) atoms. The highest BCUT2D eigenvalue weighted by atomic mass is 16.6. The summed E-state index contributed by atoms with van der Waals surface area (Å²) in [6.07, 6.45) is 0.474. The molecule has 0 unspecified atom stereocenters. The lowest BCUT2D eigenvalue weighted by Crippen LogP contribution is -2.15. The van der Waals surface area contributed by atoms with Crippen LogP contribution in [0.1, 0.15) is 31.6 Å². The molecule has 0 aliphatic rings. The lowest BCUT2D eigenvalue weighted by molar-refractivity contribution is 0.158. The molecule has 5 heteroatoms. The number of hydrogen-bond acceptors (Lipinski definition) is 5. The standard InChI is InChI=1S/C11H15NO4/c1-4-8(12-15-5-2)10-9(13)6-7(3)16-11(10)14/h6,13H,4-5H2,1-3H3. The van der Waals surface area contributed by atoms with E-state index in [1.54, 1.807) is 13.8 Å². The highest BCUT2D eigenvalue weighted by Gasteiger charge is 2.15. The van der Waals surface area contributed by atoms with Gasteiger partial charge in [-0.15, -0.1) is 0 Å². The monoisotopic (exact) mass is 225 g/mol. The predicted molar refractivity (Wildman–Crippen MR) is 59.8 cm³/mol. The van der Waals surface area contributed by atoms with Gasteiger partial charge in [-0.3, -0.25) is 0 Å². The van der Waals surface area contributed by atoms with Crippen LogP contribution in [-0.2, 0) is 4.84 Å². The molecule has 1 heterocycles. The molecular weight excluding hydrogens is 210 g/mol. The van der Waals surface area contributed by atoms with Crippen LogP contribution in [-0.4, -0.2) is 17.4 Å². The summed E-state index contributed by atoms with van der Waals surface area (Å²) < 4.78 is 4.90. The van der Waals surface area contributed by atoms with Crippen LogP contribution in [0.5, 0.6) is 5.75 Å². The van der Waals surface area contributed by atoms with E-state index >= 15 is 0 Å². The van der Waals surface area contributed by atoms with Crippen molar-refractivity contribution < 1.29 is 14.4 Å². The topological polar surface area (TPSA) is 72.0 Å². The van der Waals surface area contributed by atoms with Gasteiger partial charge in [0.15, 0.2) is 0 Å². The van der Waals surface area contributed by atoms with Crippen LogP contribution in [0.3, 0.4) is 0 Å². The number of aryl methyl sites for hydroxylation is 1. The fourth-order valence-corrected chi connectivity index (χ4v) is 1.29. The van der Waals surface area contributed by atoms with E-state index in [-0.39, 0.29) is 11.3 Å². The molecular formula is C11H15NO4. The average molecular weight is 225 g/mol. The van der Waals surface area contributed by atoms with Crippen LogP contribution < -0.4 is 5.63 Å². The highest BCUT2D eigenvalue weighted by Crippen LogP contribution is 2.16. The Morgan fingerprint density at radius 2 is 2.25 bits per heavy atom. The van der Waals surface area contributed by atoms with Crippen LogP contribution in [0.4, 0.5) is 0 Å². The summed E-state index contributed by atoms with van der Waals surface area (Å²) in [4.78, 5) is 16.4. The zero-order chi connectivity index (χ0) is 12.1. The third kappa shape index (κ3) is 2.62. The van der Waals surface area contributed by atoms with Crippen molar-refractivity contribution in [1.82, 2.24) is 0 Å². The first kappa shape index (κ1) is 12.3. The van der Waals surface area contributed by atoms with Crippen LogP contribution in [0, 0.1) is 6.92 Å². The molecule has 0 fully saturated rings. The van der Waals surface area contributed by atoms with Crippen LogP contribution in [0.25, 0.3) is 0 Å². The SMILES string of the molecule is CCON=C(CC)c1c(O)cc(C)oc1=O. The molecule has 0 radical (unpaired) electrons. The predicted octanol–water partition coefficient (Wildman–Crippen LogP) is 1.80. The second-order valence-corrected chi connectivity index (χ2v) is 3.21. The van der Waals surface area contributed by atoms with Crippen molar-refractivity contribution in [2.24, 2.45) is 5.16 Å². The summed E-state index contributed by atoms with van der Waals surface area (Å²) >= 11 is 0. The van der Waals surface area contributed by atoms with E-state index in [0.29, 0.717) is 24.5 Å². The van der Waals surface area contributed by atoms with Gasteiger partial charge in [0.25, 0.3) is 0 Å². The highest BCUT2D eigenvalue weighted by molar-refractivity contribution is 6.01. The lowest BCUT2D eigenvalue weighted by atomic mass is 10.1. The van der Waals surface area contributed by atoms with Gasteiger partial charge in [-0.2, -0.15) is 0 Å². The van der Waals surface area contributed by atoms with Crippen molar-refractivity contribution in [2.45, 2.75) is 27.2 Å². The second-order valence-electron chi connectivity index (χ2n) is 3.21. The molecule has 0 saturated heterocycles. The fraction of sp³-hybridized carbons (Fsp3) is 0.455. The van der Waals surface area contributed by atoms with E-state index in [9.17, 15) is 9.90 Å². The van der Waals surface area contributed by atoms with Crippen LogP contribution in [0.15, 0.2) is 20.4 Å². The third-order valence-corrected chi connectivity index (χ3v) is 1.98. The molecule has 0 saturated carbocycles. The number of oxime groups is 1. The summed E-state index contributed by atoms with van der Waals surface area (Å²) in [5.41, 5.74) is -0.146. The first-order valence-electron chi connectivity index (χ1n) is 5.13. The maximum Gasteiger partial charge on any atom is 0.349 e. The molecule has 0 aliphatic carbocycles. The molecule has 1 aromatic rings. The average Bonchev–Trinajstić information content (AvgIpc) is 2.21. The van der Waals surface area contributed by atoms with E-state index in [1.165, 1.54) is 6.07 Å². The van der Waals surface area contributed by atoms with Crippen molar-refractivity contribution in [3.63, 3.8) is 0 Å². The summed E-state index contributed by atoms with van der Waals surface area (Å²) in [5, 5.41) is 13.5. The van der Waals surface area contributed by atoms with E-state index in [2.05, 4.69) is 5.16 Å². The summed E-state index contributed by atoms with van der Waals surface area (Å²) in [6.45, 7) is 5.60. The summed E-state index contributed by atoms with van der Waals surface area (Å²) in [6, 6.07) is 1.38. The minimum absolute atomic E-state index is 0.0709. The van der Waals surface area contributed by atoms with Gasteiger partial charge in [0.1, 0.15) is 23.7 Å². The molecule has 0 bridgehead atoms. The Labute approximate surface area is 93.3 Å². The van der Waals surface area contributed by atoms with Gasteiger partial charge < -0.3 is 14.4 Å². The third-order valence-electron chi connectivity index (χ3n) is 1.98. The van der Waals surface area contributed by atoms with Crippen molar-refractivity contribution >= 4 is 5.71 Å². The molecule has 1 N–H and O–H groups in total. The van der Waals surface area contributed by atoms with E-state index < -0.39 is 5.63 Å². The van der Waals surface area contributed by atoms with Crippen LogP contribution in [0.2, 0.25) is 0 Å². The second kappa shape index (κ2) is 5.34. The molecule has 0 spiro atoms. The lowest BCUT2D eigenvalue weighted by Gasteiger charge is -2.05. The zero-order valence-corrected chi connectivity index (χ0v) is 9.61. The molecule has 0 amide bonds. The largest absolute Gasteiger partial charge is 0.507 e. The quantitative estimate of drug-likeness (QED) is 0.626. The number of aromatic hydroxyl groups is 1. The van der Waals surface area contributed by atoms with Gasteiger partial charge in [0.05, 0.1) is 5.71 Å². The zero-order valence-electron chi connectivity index (χ0n) is 9.61. The van der Waals surface area contributed by atoms with Crippen molar-refractivity contribution in [3.8, 4) is 5.75 Å². The van der Waals surface area contributed by atoms with Crippen LogP contribution >= 0.6 is 0 Å². The smallest absolute Gasteiger partial charge is 0.349 e. The molecule has 1 rings (SSSR count). The Bertz CT molecular complexity index is 448. The van der Waals surface area contributed by atoms with Gasteiger partial charge in [0.2, 0.25) is 0 Å². The Kier molecular flexibility index (Phi) is 4.10. The maximum absolute atomic E-state index is 11.6. The number of nitrogens with zero attached hydrogens (tertiary/aromatic N) is 1. The van der Waals surface area contributed by atoms with Crippen molar-refractivity contribution in [1.29, 1.82) is 0 Å². The Hall–Kier alpha value is -1.78.